The van der Waals surface area contributed by atoms with Gasteiger partial charge in [-0.05, 0) is 44.0 Å². The Labute approximate surface area is 115 Å². The van der Waals surface area contributed by atoms with E-state index in [1.54, 1.807) is 4.90 Å². The van der Waals surface area contributed by atoms with Gasteiger partial charge < -0.3 is 4.90 Å². The zero-order chi connectivity index (χ0) is 13.9. The molecule has 1 atom stereocenters. The van der Waals surface area contributed by atoms with E-state index >= 15 is 0 Å². The van der Waals surface area contributed by atoms with Crippen molar-refractivity contribution in [3.05, 3.63) is 30.1 Å². The molecule has 0 N–H and O–H groups in total. The number of hydrogen-bond acceptors (Lipinski definition) is 3. The van der Waals surface area contributed by atoms with Crippen molar-refractivity contribution in [3.8, 4) is 0 Å². The Hall–Kier alpha value is -1.42. The second-order valence-corrected chi connectivity index (χ2v) is 5.93. The third-order valence-electron chi connectivity index (χ3n) is 3.85. The number of rotatable bonds is 3. The molecule has 0 bridgehead atoms. The second kappa shape index (κ2) is 5.70. The summed E-state index contributed by atoms with van der Waals surface area (Å²) in [6.45, 7) is 4.90. The Balaban J connectivity index is 2.03. The fraction of sp³-hybridized carbons (Fsp3) is 0.600. The summed E-state index contributed by atoms with van der Waals surface area (Å²) in [6.07, 6.45) is 5.71. The first kappa shape index (κ1) is 14.0. The molecule has 1 amide bonds. The van der Waals surface area contributed by atoms with Gasteiger partial charge in [0.05, 0.1) is 5.41 Å². The molecule has 0 radical (unpaired) electrons. The van der Waals surface area contributed by atoms with Crippen LogP contribution in [0.2, 0.25) is 0 Å². The van der Waals surface area contributed by atoms with Crippen LogP contribution in [0.4, 0.5) is 0 Å². The largest absolute Gasteiger partial charge is 0.348 e. The molecule has 4 nitrogen and oxygen atoms in total. The molecule has 2 heterocycles. The lowest BCUT2D eigenvalue weighted by molar-refractivity contribution is -0.141. The van der Waals surface area contributed by atoms with Crippen molar-refractivity contribution < 1.29 is 4.79 Å². The Morgan fingerprint density at radius 1 is 1.42 bits per heavy atom. The molecular formula is C15H23N3O. The zero-order valence-electron chi connectivity index (χ0n) is 12.1. The number of piperidine rings is 1. The van der Waals surface area contributed by atoms with Crippen LogP contribution < -0.4 is 0 Å². The summed E-state index contributed by atoms with van der Waals surface area (Å²) in [5.41, 5.74) is 1.02. The van der Waals surface area contributed by atoms with E-state index in [1.165, 1.54) is 5.56 Å². The van der Waals surface area contributed by atoms with Crippen LogP contribution in [0.5, 0.6) is 0 Å². The molecule has 0 aromatic carbocycles. The van der Waals surface area contributed by atoms with Gasteiger partial charge in [-0.2, -0.15) is 0 Å². The van der Waals surface area contributed by atoms with Crippen LogP contribution in [0.3, 0.4) is 0 Å². The summed E-state index contributed by atoms with van der Waals surface area (Å²) in [5, 5.41) is 0. The minimum Gasteiger partial charge on any atom is -0.348 e. The normalized spacial score (nSPS) is 24.2. The first-order valence-corrected chi connectivity index (χ1v) is 6.84. The first-order valence-electron chi connectivity index (χ1n) is 6.84. The van der Waals surface area contributed by atoms with Crippen molar-refractivity contribution in [1.29, 1.82) is 0 Å². The third-order valence-corrected chi connectivity index (χ3v) is 3.85. The van der Waals surface area contributed by atoms with Gasteiger partial charge in [0.1, 0.15) is 0 Å². The van der Waals surface area contributed by atoms with Crippen LogP contribution in [-0.4, -0.2) is 47.9 Å². The number of carbonyl (C=O) groups is 1. The van der Waals surface area contributed by atoms with E-state index in [1.807, 2.05) is 38.6 Å². The van der Waals surface area contributed by atoms with Crippen molar-refractivity contribution in [2.45, 2.75) is 26.3 Å². The van der Waals surface area contributed by atoms with Crippen LogP contribution in [0.1, 0.15) is 25.3 Å². The second-order valence-electron chi connectivity index (χ2n) is 5.93. The molecule has 104 valence electrons. The molecule has 1 aliphatic rings. The Kier molecular flexibility index (Phi) is 4.20. The summed E-state index contributed by atoms with van der Waals surface area (Å²) < 4.78 is 0. The highest BCUT2D eigenvalue weighted by Crippen LogP contribution is 2.31. The summed E-state index contributed by atoms with van der Waals surface area (Å²) in [4.78, 5) is 20.4. The SMILES string of the molecule is CN(C)C(=O)[C@@]1(C)CCCN(Cc2ccncc2)C1. The topological polar surface area (TPSA) is 36.4 Å². The van der Waals surface area contributed by atoms with Gasteiger partial charge in [0, 0.05) is 39.6 Å². The minimum atomic E-state index is -0.241. The van der Waals surface area contributed by atoms with Gasteiger partial charge in [0.25, 0.3) is 0 Å². The first-order chi connectivity index (χ1) is 9.01. The van der Waals surface area contributed by atoms with Crippen LogP contribution >= 0.6 is 0 Å². The van der Waals surface area contributed by atoms with E-state index in [0.29, 0.717) is 0 Å². The van der Waals surface area contributed by atoms with Gasteiger partial charge >= 0.3 is 0 Å². The van der Waals surface area contributed by atoms with E-state index < -0.39 is 0 Å². The smallest absolute Gasteiger partial charge is 0.229 e. The van der Waals surface area contributed by atoms with Crippen LogP contribution in [-0.2, 0) is 11.3 Å². The van der Waals surface area contributed by atoms with Crippen molar-refractivity contribution in [2.75, 3.05) is 27.2 Å². The highest BCUT2D eigenvalue weighted by atomic mass is 16.2. The maximum absolute atomic E-state index is 12.3. The molecule has 4 heteroatoms. The van der Waals surface area contributed by atoms with E-state index in [4.69, 9.17) is 0 Å². The summed E-state index contributed by atoms with van der Waals surface area (Å²) in [5.74, 6) is 0.243. The van der Waals surface area contributed by atoms with Gasteiger partial charge in [-0.25, -0.2) is 0 Å². The molecule has 0 unspecified atom stereocenters. The molecular weight excluding hydrogens is 238 g/mol. The van der Waals surface area contributed by atoms with Crippen molar-refractivity contribution in [1.82, 2.24) is 14.8 Å². The lowest BCUT2D eigenvalue weighted by atomic mass is 9.80. The molecule has 1 aliphatic heterocycles. The van der Waals surface area contributed by atoms with Crippen molar-refractivity contribution in [3.63, 3.8) is 0 Å². The molecule has 0 spiro atoms. The average Bonchev–Trinajstić information content (AvgIpc) is 2.39. The molecule has 1 saturated heterocycles. The highest BCUT2D eigenvalue weighted by molar-refractivity contribution is 5.82. The van der Waals surface area contributed by atoms with E-state index in [9.17, 15) is 4.79 Å². The van der Waals surface area contributed by atoms with E-state index in [-0.39, 0.29) is 11.3 Å². The maximum atomic E-state index is 12.3. The number of aromatic nitrogens is 1. The quantitative estimate of drug-likeness (QED) is 0.832. The highest BCUT2D eigenvalue weighted by Gasteiger charge is 2.38. The molecule has 2 rings (SSSR count). The predicted octanol–water partition coefficient (Wildman–Crippen LogP) is 1.77. The number of carbonyl (C=O) groups excluding carboxylic acids is 1. The molecule has 19 heavy (non-hydrogen) atoms. The van der Waals surface area contributed by atoms with Crippen LogP contribution in [0.25, 0.3) is 0 Å². The molecule has 0 saturated carbocycles. The van der Waals surface area contributed by atoms with E-state index in [0.717, 1.165) is 32.5 Å². The van der Waals surface area contributed by atoms with Gasteiger partial charge in [0.15, 0.2) is 0 Å². The number of amides is 1. The number of likely N-dealkylation sites (tertiary alicyclic amines) is 1. The Morgan fingerprint density at radius 2 is 2.11 bits per heavy atom. The van der Waals surface area contributed by atoms with Gasteiger partial charge in [0.2, 0.25) is 5.91 Å². The summed E-state index contributed by atoms with van der Waals surface area (Å²) in [6, 6.07) is 4.08. The fourth-order valence-electron chi connectivity index (χ4n) is 2.94. The van der Waals surface area contributed by atoms with Gasteiger partial charge in [-0.3, -0.25) is 14.7 Å². The Bertz CT molecular complexity index is 432. The predicted molar refractivity (Wildman–Crippen MR) is 75.5 cm³/mol. The maximum Gasteiger partial charge on any atom is 0.229 e. The number of hydrogen-bond donors (Lipinski definition) is 0. The molecule has 1 fully saturated rings. The van der Waals surface area contributed by atoms with Crippen molar-refractivity contribution in [2.24, 2.45) is 5.41 Å². The monoisotopic (exact) mass is 261 g/mol. The molecule has 1 aromatic rings. The number of nitrogens with zero attached hydrogens (tertiary/aromatic N) is 3. The molecule has 1 aromatic heterocycles. The minimum absolute atomic E-state index is 0.241. The zero-order valence-corrected chi connectivity index (χ0v) is 12.1. The van der Waals surface area contributed by atoms with Crippen LogP contribution in [0, 0.1) is 5.41 Å². The lowest BCUT2D eigenvalue weighted by Crippen LogP contribution is -2.49. The Morgan fingerprint density at radius 3 is 2.74 bits per heavy atom. The average molecular weight is 261 g/mol. The van der Waals surface area contributed by atoms with Crippen molar-refractivity contribution >= 4 is 5.91 Å². The lowest BCUT2D eigenvalue weighted by Gasteiger charge is -2.40. The van der Waals surface area contributed by atoms with Gasteiger partial charge in [-0.15, -0.1) is 0 Å². The summed E-state index contributed by atoms with van der Waals surface area (Å²) >= 11 is 0. The van der Waals surface area contributed by atoms with Gasteiger partial charge in [-0.1, -0.05) is 0 Å². The number of pyridine rings is 1. The summed E-state index contributed by atoms with van der Waals surface area (Å²) in [7, 11) is 3.69. The van der Waals surface area contributed by atoms with E-state index in [2.05, 4.69) is 16.8 Å². The van der Waals surface area contributed by atoms with Crippen LogP contribution in [0.15, 0.2) is 24.5 Å². The fourth-order valence-corrected chi connectivity index (χ4v) is 2.94. The standard InChI is InChI=1S/C15H23N3O/c1-15(14(19)17(2)3)7-4-10-18(12-15)11-13-5-8-16-9-6-13/h5-6,8-9H,4,7,10-12H2,1-3H3/t15-/m0/s1. The third kappa shape index (κ3) is 3.32. The molecule has 0 aliphatic carbocycles.